The Kier molecular flexibility index (Phi) is 6.39. The maximum atomic E-state index is 10.2. The quantitative estimate of drug-likeness (QED) is 0.203. The van der Waals surface area contributed by atoms with E-state index in [-0.39, 0.29) is 0 Å². The Balaban J connectivity index is 2.82. The summed E-state index contributed by atoms with van der Waals surface area (Å²) in [6.07, 6.45) is 1.34. The van der Waals surface area contributed by atoms with Gasteiger partial charge in [0.05, 0.1) is 24.5 Å². The van der Waals surface area contributed by atoms with Crippen LogP contribution in [0.5, 0.6) is 0 Å². The first-order valence-corrected chi connectivity index (χ1v) is 4.54. The molecule has 0 aromatic carbocycles. The Labute approximate surface area is 62.6 Å². The van der Waals surface area contributed by atoms with Crippen molar-refractivity contribution in [2.75, 3.05) is 13.2 Å². The van der Waals surface area contributed by atoms with Crippen LogP contribution in [0.1, 0.15) is 0 Å². The topological polar surface area (TPSA) is 44.3 Å². The van der Waals surface area contributed by atoms with Gasteiger partial charge >= 0.3 is 0 Å². The van der Waals surface area contributed by atoms with Gasteiger partial charge in [0, 0.05) is 0 Å². The van der Waals surface area contributed by atoms with Crippen molar-refractivity contribution < 1.29 is 9.29 Å². The van der Waals surface area contributed by atoms with Crippen molar-refractivity contribution in [2.45, 2.75) is 0 Å². The van der Waals surface area contributed by atoms with Crippen LogP contribution >= 0.6 is 11.7 Å². The van der Waals surface area contributed by atoms with Gasteiger partial charge in [0.2, 0.25) is 0 Å². The summed E-state index contributed by atoms with van der Waals surface area (Å²) in [5.74, 6) is 0. The second kappa shape index (κ2) is 6.28. The van der Waals surface area contributed by atoms with E-state index >= 15 is 0 Å². The third-order valence-electron chi connectivity index (χ3n) is 0.563. The van der Waals surface area contributed by atoms with Gasteiger partial charge in [-0.1, -0.05) is 6.58 Å². The molecule has 9 heavy (non-hydrogen) atoms. The number of hydrogen-bond acceptors (Lipinski definition) is 4. The Hall–Kier alpha value is 0.160. The predicted octanol–water partition coefficient (Wildman–Crippen LogP) is 0.245. The van der Waals surface area contributed by atoms with Crippen molar-refractivity contribution in [3.8, 4) is 0 Å². The molecule has 0 rings (SSSR count). The molecule has 0 aliphatic rings. The zero-order valence-corrected chi connectivity index (χ0v) is 6.58. The molecule has 5 heteroatoms. The first kappa shape index (κ1) is 9.16. The molecule has 0 spiro atoms. The van der Waals surface area contributed by atoms with Crippen molar-refractivity contribution in [2.24, 2.45) is 0 Å². The molecule has 1 atom stereocenters. The van der Waals surface area contributed by atoms with Gasteiger partial charge < -0.3 is 9.29 Å². The monoisotopic (exact) mass is 167 g/mol. The van der Waals surface area contributed by atoms with E-state index in [1.165, 1.54) is 6.26 Å². The van der Waals surface area contributed by atoms with Crippen LogP contribution in [0.2, 0.25) is 0 Å². The van der Waals surface area contributed by atoms with Crippen LogP contribution in [0.15, 0.2) is 12.8 Å². The molecule has 3 nitrogen and oxygen atoms in total. The summed E-state index contributed by atoms with van der Waals surface area (Å²) in [6, 6.07) is 0. The second-order valence-electron chi connectivity index (χ2n) is 1.18. The molecule has 0 aliphatic carbocycles. The number of rotatable bonds is 5. The van der Waals surface area contributed by atoms with Crippen molar-refractivity contribution in [1.82, 2.24) is 4.72 Å². The zero-order chi connectivity index (χ0) is 7.11. The highest BCUT2D eigenvalue weighted by atomic mass is 33.1. The fourth-order valence-corrected chi connectivity index (χ4v) is 0.803. The van der Waals surface area contributed by atoms with Gasteiger partial charge in [0.15, 0.2) is 0 Å². The molecule has 0 saturated heterocycles. The number of nitrogens with one attached hydrogen (secondary N) is 1. The van der Waals surface area contributed by atoms with Gasteiger partial charge in [-0.05, 0) is 0 Å². The largest absolute Gasteiger partial charge is 0.587 e. The fourth-order valence-electron chi connectivity index (χ4n) is 0.271. The average Bonchev–Trinajstić information content (AvgIpc) is 1.80. The SMILES string of the molecule is C=COCCN[S+]([O-])S. The summed E-state index contributed by atoms with van der Waals surface area (Å²) in [5.41, 5.74) is 0. The van der Waals surface area contributed by atoms with Crippen molar-refractivity contribution >= 4 is 22.1 Å². The molecular weight excluding hydrogens is 158 g/mol. The lowest BCUT2D eigenvalue weighted by atomic mass is 10.7. The van der Waals surface area contributed by atoms with Gasteiger partial charge in [0.25, 0.3) is 0 Å². The van der Waals surface area contributed by atoms with E-state index in [1.807, 2.05) is 0 Å². The van der Waals surface area contributed by atoms with Crippen LogP contribution in [-0.2, 0) is 15.1 Å². The maximum absolute atomic E-state index is 10.2. The first-order chi connectivity index (χ1) is 4.27. The van der Waals surface area contributed by atoms with E-state index < -0.39 is 10.4 Å². The molecule has 1 N–H and O–H groups in total. The molecule has 0 aromatic rings. The van der Waals surface area contributed by atoms with Crippen LogP contribution < -0.4 is 4.72 Å². The lowest BCUT2D eigenvalue weighted by Crippen LogP contribution is -2.22. The first-order valence-electron chi connectivity index (χ1n) is 2.34. The normalized spacial score (nSPS) is 12.7. The number of hydrogen-bond donors (Lipinski definition) is 2. The van der Waals surface area contributed by atoms with E-state index in [4.69, 9.17) is 4.74 Å². The third-order valence-corrected chi connectivity index (χ3v) is 1.40. The smallest absolute Gasteiger partial charge is 0.110 e. The van der Waals surface area contributed by atoms with Gasteiger partial charge in [-0.25, -0.2) is 0 Å². The Morgan fingerprint density at radius 1 is 1.89 bits per heavy atom. The van der Waals surface area contributed by atoms with Gasteiger partial charge in [-0.3, -0.25) is 0 Å². The molecular formula is C4H9NO2S2. The summed E-state index contributed by atoms with van der Waals surface area (Å²) in [6.45, 7) is 4.32. The second-order valence-corrected chi connectivity index (χ2v) is 2.96. The summed E-state index contributed by atoms with van der Waals surface area (Å²) >= 11 is 3.58. The van der Waals surface area contributed by atoms with Crippen molar-refractivity contribution in [1.29, 1.82) is 0 Å². The lowest BCUT2D eigenvalue weighted by Gasteiger charge is -2.02. The number of ether oxygens (including phenoxy) is 1. The molecule has 0 fully saturated rings. The summed E-state index contributed by atoms with van der Waals surface area (Å²) < 4.78 is 17.5. The van der Waals surface area contributed by atoms with Crippen LogP contribution in [0, 0.1) is 0 Å². The molecule has 0 radical (unpaired) electrons. The molecule has 1 unspecified atom stereocenters. The van der Waals surface area contributed by atoms with Crippen LogP contribution in [0.25, 0.3) is 0 Å². The minimum atomic E-state index is -1.24. The molecule has 0 amide bonds. The van der Waals surface area contributed by atoms with Crippen LogP contribution in [-0.4, -0.2) is 17.7 Å². The molecule has 0 aliphatic heterocycles. The molecule has 54 valence electrons. The maximum Gasteiger partial charge on any atom is 0.110 e. The highest BCUT2D eigenvalue weighted by Gasteiger charge is 1.94. The number of thiol groups is 1. The van der Waals surface area contributed by atoms with E-state index in [0.717, 1.165) is 0 Å². The summed E-state index contributed by atoms with van der Waals surface area (Å²) in [7, 11) is -1.24. The third kappa shape index (κ3) is 8.16. The van der Waals surface area contributed by atoms with Gasteiger partial charge in [0.1, 0.15) is 17.0 Å². The zero-order valence-electron chi connectivity index (χ0n) is 4.87. The van der Waals surface area contributed by atoms with E-state index in [9.17, 15) is 4.55 Å². The van der Waals surface area contributed by atoms with E-state index in [1.54, 1.807) is 0 Å². The van der Waals surface area contributed by atoms with Crippen LogP contribution in [0.4, 0.5) is 0 Å². The standard InChI is InChI=1S/C4H9NO2S2/c1-2-7-4-3-5-9(6)8/h2,5H,1,3-4H2,(H,6,8). The summed E-state index contributed by atoms with van der Waals surface area (Å²) in [5, 5.41) is 0. The van der Waals surface area contributed by atoms with Crippen molar-refractivity contribution in [3.05, 3.63) is 12.8 Å². The average molecular weight is 167 g/mol. The molecule has 0 saturated carbocycles. The Bertz CT molecular complexity index is 79.0. The molecule has 0 heterocycles. The van der Waals surface area contributed by atoms with E-state index in [0.29, 0.717) is 13.2 Å². The van der Waals surface area contributed by atoms with Gasteiger partial charge in [-0.15, -0.1) is 4.72 Å². The Morgan fingerprint density at radius 3 is 3.00 bits per heavy atom. The van der Waals surface area contributed by atoms with Crippen molar-refractivity contribution in [3.63, 3.8) is 0 Å². The summed E-state index contributed by atoms with van der Waals surface area (Å²) in [4.78, 5) is 0. The fraction of sp³-hybridized carbons (Fsp3) is 0.500. The predicted molar refractivity (Wildman–Crippen MR) is 41.3 cm³/mol. The molecule has 0 aromatic heterocycles. The Morgan fingerprint density at radius 2 is 2.56 bits per heavy atom. The van der Waals surface area contributed by atoms with Crippen LogP contribution in [0.3, 0.4) is 0 Å². The molecule has 0 bridgehead atoms. The van der Waals surface area contributed by atoms with Gasteiger partial charge in [-0.2, -0.15) is 0 Å². The minimum absolute atomic E-state index is 0.468. The lowest BCUT2D eigenvalue weighted by molar-refractivity contribution is 0.257. The highest BCUT2D eigenvalue weighted by molar-refractivity contribution is 8.62. The highest BCUT2D eigenvalue weighted by Crippen LogP contribution is 1.86. The minimum Gasteiger partial charge on any atom is -0.587 e. The van der Waals surface area contributed by atoms with E-state index in [2.05, 4.69) is 23.0 Å².